The van der Waals surface area contributed by atoms with Crippen molar-refractivity contribution < 1.29 is 24.2 Å². The first-order valence-corrected chi connectivity index (χ1v) is 6.51. The van der Waals surface area contributed by atoms with E-state index in [-0.39, 0.29) is 22.0 Å². The van der Waals surface area contributed by atoms with Crippen molar-refractivity contribution in [2.24, 2.45) is 0 Å². The van der Waals surface area contributed by atoms with Crippen molar-refractivity contribution in [1.29, 1.82) is 0 Å². The summed E-state index contributed by atoms with van der Waals surface area (Å²) in [6.07, 6.45) is 1.45. The van der Waals surface area contributed by atoms with Gasteiger partial charge in [0.25, 0.3) is 0 Å². The number of carboxylic acids is 1. The van der Waals surface area contributed by atoms with E-state index < -0.39 is 11.9 Å². The molecule has 7 heteroatoms. The minimum atomic E-state index is -1.16. The highest BCUT2D eigenvalue weighted by Crippen LogP contribution is 2.28. The predicted octanol–water partition coefficient (Wildman–Crippen LogP) is 2.90. The Balaban J connectivity index is 2.55. The quantitative estimate of drug-likeness (QED) is 0.871. The van der Waals surface area contributed by atoms with E-state index in [0.717, 1.165) is 0 Å². The van der Waals surface area contributed by atoms with Crippen LogP contribution in [0.1, 0.15) is 20.7 Å². The third-order valence-corrected chi connectivity index (χ3v) is 3.31. The van der Waals surface area contributed by atoms with Crippen LogP contribution in [0.25, 0.3) is 11.1 Å². The number of esters is 1. The molecule has 0 saturated carbocycles. The second-order valence-corrected chi connectivity index (χ2v) is 4.68. The highest BCUT2D eigenvalue weighted by Gasteiger charge is 2.16. The number of carboxylic acid groups (broad SMARTS) is 1. The second kappa shape index (κ2) is 6.44. The number of hydrogen-bond acceptors (Lipinski definition) is 5. The SMILES string of the molecule is COC(=O)c1cc(-c2cnc(OC)c(C(=O)O)c2)ccc1Cl. The first kappa shape index (κ1) is 15.8. The van der Waals surface area contributed by atoms with Gasteiger partial charge in [-0.1, -0.05) is 17.7 Å². The fourth-order valence-corrected chi connectivity index (χ4v) is 2.09. The topological polar surface area (TPSA) is 85.7 Å². The van der Waals surface area contributed by atoms with E-state index >= 15 is 0 Å². The summed E-state index contributed by atoms with van der Waals surface area (Å²) in [6.45, 7) is 0. The molecule has 1 aromatic heterocycles. The van der Waals surface area contributed by atoms with Gasteiger partial charge in [0.05, 0.1) is 24.8 Å². The Bertz CT molecular complexity index is 745. The van der Waals surface area contributed by atoms with Gasteiger partial charge in [0.2, 0.25) is 5.88 Å². The molecule has 22 heavy (non-hydrogen) atoms. The molecule has 0 amide bonds. The molecule has 2 aromatic rings. The summed E-state index contributed by atoms with van der Waals surface area (Å²) in [7, 11) is 2.59. The van der Waals surface area contributed by atoms with E-state index in [1.807, 2.05) is 0 Å². The Morgan fingerprint density at radius 2 is 1.82 bits per heavy atom. The van der Waals surface area contributed by atoms with Crippen LogP contribution >= 0.6 is 11.6 Å². The van der Waals surface area contributed by atoms with Crippen molar-refractivity contribution in [3.05, 3.63) is 46.6 Å². The molecule has 2 rings (SSSR count). The molecule has 0 saturated heterocycles. The monoisotopic (exact) mass is 321 g/mol. The summed E-state index contributed by atoms with van der Waals surface area (Å²) in [5.41, 5.74) is 1.21. The molecule has 0 aliphatic heterocycles. The van der Waals surface area contributed by atoms with Crippen molar-refractivity contribution in [3.8, 4) is 17.0 Å². The molecule has 1 N–H and O–H groups in total. The summed E-state index contributed by atoms with van der Waals surface area (Å²) in [4.78, 5) is 26.8. The summed E-state index contributed by atoms with van der Waals surface area (Å²) < 4.78 is 9.56. The zero-order valence-electron chi connectivity index (χ0n) is 11.8. The molecular weight excluding hydrogens is 310 g/mol. The maximum Gasteiger partial charge on any atom is 0.341 e. The highest BCUT2D eigenvalue weighted by molar-refractivity contribution is 6.33. The van der Waals surface area contributed by atoms with Gasteiger partial charge in [0, 0.05) is 11.8 Å². The summed E-state index contributed by atoms with van der Waals surface area (Å²) in [5, 5.41) is 9.42. The van der Waals surface area contributed by atoms with Crippen LogP contribution in [-0.2, 0) is 4.74 Å². The molecule has 6 nitrogen and oxygen atoms in total. The molecule has 1 aromatic carbocycles. The maximum absolute atomic E-state index is 11.7. The highest BCUT2D eigenvalue weighted by atomic mass is 35.5. The lowest BCUT2D eigenvalue weighted by Crippen LogP contribution is -2.04. The Labute approximate surface area is 131 Å². The van der Waals surface area contributed by atoms with Gasteiger partial charge < -0.3 is 14.6 Å². The Morgan fingerprint density at radius 1 is 1.14 bits per heavy atom. The van der Waals surface area contributed by atoms with Gasteiger partial charge in [-0.3, -0.25) is 0 Å². The van der Waals surface area contributed by atoms with Gasteiger partial charge >= 0.3 is 11.9 Å². The Hall–Kier alpha value is -2.60. The molecule has 0 aliphatic rings. The Morgan fingerprint density at radius 3 is 2.41 bits per heavy atom. The van der Waals surface area contributed by atoms with Crippen LogP contribution in [0, 0.1) is 0 Å². The van der Waals surface area contributed by atoms with Gasteiger partial charge in [-0.2, -0.15) is 0 Å². The van der Waals surface area contributed by atoms with Crippen LogP contribution in [0.2, 0.25) is 5.02 Å². The first-order valence-electron chi connectivity index (χ1n) is 6.13. The van der Waals surface area contributed by atoms with Gasteiger partial charge in [-0.15, -0.1) is 0 Å². The first-order chi connectivity index (χ1) is 10.5. The van der Waals surface area contributed by atoms with Crippen LogP contribution in [0.4, 0.5) is 0 Å². The smallest absolute Gasteiger partial charge is 0.341 e. The molecule has 0 fully saturated rings. The molecule has 114 valence electrons. The molecule has 0 aliphatic carbocycles. The lowest BCUT2D eigenvalue weighted by Gasteiger charge is -2.09. The fourth-order valence-electron chi connectivity index (χ4n) is 1.90. The van der Waals surface area contributed by atoms with Crippen molar-refractivity contribution in [2.45, 2.75) is 0 Å². The van der Waals surface area contributed by atoms with Gasteiger partial charge in [-0.25, -0.2) is 14.6 Å². The minimum Gasteiger partial charge on any atom is -0.480 e. The second-order valence-electron chi connectivity index (χ2n) is 4.27. The van der Waals surface area contributed by atoms with E-state index in [2.05, 4.69) is 9.72 Å². The zero-order valence-corrected chi connectivity index (χ0v) is 12.5. The molecule has 1 heterocycles. The number of hydrogen-bond donors (Lipinski definition) is 1. The summed E-state index contributed by atoms with van der Waals surface area (Å²) >= 11 is 5.96. The van der Waals surface area contributed by atoms with E-state index in [9.17, 15) is 14.7 Å². The number of nitrogens with zero attached hydrogens (tertiary/aromatic N) is 1. The van der Waals surface area contributed by atoms with Gasteiger partial charge in [0.15, 0.2) is 0 Å². The van der Waals surface area contributed by atoms with Crippen molar-refractivity contribution in [2.75, 3.05) is 14.2 Å². The number of benzene rings is 1. The van der Waals surface area contributed by atoms with Crippen molar-refractivity contribution in [3.63, 3.8) is 0 Å². The number of carbonyl (C=O) groups is 2. The fraction of sp³-hybridized carbons (Fsp3) is 0.133. The normalized spacial score (nSPS) is 10.1. The lowest BCUT2D eigenvalue weighted by atomic mass is 10.0. The van der Waals surface area contributed by atoms with Gasteiger partial charge in [0.1, 0.15) is 5.56 Å². The van der Waals surface area contributed by atoms with Crippen LogP contribution in [0.5, 0.6) is 5.88 Å². The van der Waals surface area contributed by atoms with Crippen molar-refractivity contribution in [1.82, 2.24) is 4.98 Å². The van der Waals surface area contributed by atoms with E-state index in [1.54, 1.807) is 6.07 Å². The Kier molecular flexibility index (Phi) is 4.62. The number of methoxy groups -OCH3 is 2. The zero-order chi connectivity index (χ0) is 16.3. The number of carbonyl (C=O) groups excluding carboxylic acids is 1. The van der Waals surface area contributed by atoms with E-state index in [1.165, 1.54) is 38.6 Å². The average Bonchev–Trinajstić information content (AvgIpc) is 2.53. The van der Waals surface area contributed by atoms with Crippen LogP contribution < -0.4 is 4.74 Å². The van der Waals surface area contributed by atoms with Crippen molar-refractivity contribution >= 4 is 23.5 Å². The molecule has 0 radical (unpaired) electrons. The molecule has 0 bridgehead atoms. The van der Waals surface area contributed by atoms with Gasteiger partial charge in [-0.05, 0) is 23.8 Å². The number of pyridine rings is 1. The summed E-state index contributed by atoms with van der Waals surface area (Å²) in [5.74, 6) is -1.72. The molecule has 0 spiro atoms. The molecular formula is C15H12ClNO5. The van der Waals surface area contributed by atoms with Crippen LogP contribution in [0.15, 0.2) is 30.5 Å². The average molecular weight is 322 g/mol. The summed E-state index contributed by atoms with van der Waals surface area (Å²) in [6, 6.07) is 6.12. The number of aromatic carboxylic acids is 1. The van der Waals surface area contributed by atoms with E-state index in [0.29, 0.717) is 11.1 Å². The van der Waals surface area contributed by atoms with Crippen LogP contribution in [-0.4, -0.2) is 36.2 Å². The largest absolute Gasteiger partial charge is 0.480 e. The minimum absolute atomic E-state index is 0.0124. The third kappa shape index (κ3) is 3.01. The number of rotatable bonds is 4. The number of ether oxygens (including phenoxy) is 2. The lowest BCUT2D eigenvalue weighted by molar-refractivity contribution is 0.0600. The maximum atomic E-state index is 11.7. The predicted molar refractivity (Wildman–Crippen MR) is 79.5 cm³/mol. The molecule has 0 unspecified atom stereocenters. The number of halogens is 1. The standard InChI is InChI=1S/C15H12ClNO5/c1-21-13-11(14(18)19)6-9(7-17-13)8-3-4-12(16)10(5-8)15(20)22-2/h3-7H,1-2H3,(H,18,19). The van der Waals surface area contributed by atoms with E-state index in [4.69, 9.17) is 16.3 Å². The van der Waals surface area contributed by atoms with Crippen LogP contribution in [0.3, 0.4) is 0 Å². The molecule has 0 atom stereocenters. The number of aromatic nitrogens is 1. The third-order valence-electron chi connectivity index (χ3n) is 2.98.